The number of nitrogens with one attached hydrogen (secondary N) is 1. The number of aryl methyl sites for hydroxylation is 2. The van der Waals surface area contributed by atoms with Gasteiger partial charge in [-0.25, -0.2) is 0 Å². The van der Waals surface area contributed by atoms with Crippen molar-refractivity contribution in [1.29, 1.82) is 0 Å². The van der Waals surface area contributed by atoms with Gasteiger partial charge in [0.2, 0.25) is 0 Å². The summed E-state index contributed by atoms with van der Waals surface area (Å²) in [5.41, 5.74) is 4.40. The molecule has 2 aromatic carbocycles. The highest BCUT2D eigenvalue weighted by Gasteiger charge is 2.36. The molecule has 5 nitrogen and oxygen atoms in total. The Morgan fingerprint density at radius 3 is 2.20 bits per heavy atom. The van der Waals surface area contributed by atoms with Gasteiger partial charge in [0.1, 0.15) is 11.4 Å². The highest BCUT2D eigenvalue weighted by atomic mass is 16.5. The third-order valence-electron chi connectivity index (χ3n) is 4.44. The number of benzene rings is 2. The van der Waals surface area contributed by atoms with Crippen molar-refractivity contribution in [2.45, 2.75) is 13.8 Å². The number of hydrogen-bond donors (Lipinski definition) is 1. The first-order valence-electron chi connectivity index (χ1n) is 7.97. The average Bonchev–Trinajstić information content (AvgIpc) is 2.82. The summed E-state index contributed by atoms with van der Waals surface area (Å²) in [4.78, 5) is 26.2. The maximum absolute atomic E-state index is 12.6. The van der Waals surface area contributed by atoms with Crippen LogP contribution >= 0.6 is 0 Å². The van der Waals surface area contributed by atoms with E-state index in [1.165, 1.54) is 12.6 Å². The van der Waals surface area contributed by atoms with E-state index in [2.05, 4.69) is 5.32 Å². The van der Waals surface area contributed by atoms with Gasteiger partial charge in [-0.2, -0.15) is 0 Å². The van der Waals surface area contributed by atoms with E-state index in [9.17, 15) is 9.59 Å². The largest absolute Gasteiger partial charge is 0.497 e. The molecule has 0 saturated carbocycles. The molecule has 0 aliphatic carbocycles. The molecule has 0 atom stereocenters. The summed E-state index contributed by atoms with van der Waals surface area (Å²) in [6.45, 7) is 4.03. The minimum atomic E-state index is -0.339. The molecule has 0 saturated heterocycles. The van der Waals surface area contributed by atoms with E-state index >= 15 is 0 Å². The van der Waals surface area contributed by atoms with E-state index in [0.717, 1.165) is 16.2 Å². The number of imide groups is 1. The monoisotopic (exact) mass is 336 g/mol. The molecule has 2 amide bonds. The number of carbonyl (C=O) groups excluding carboxylic acids is 2. The van der Waals surface area contributed by atoms with E-state index < -0.39 is 0 Å². The highest BCUT2D eigenvalue weighted by Crippen LogP contribution is 2.30. The molecule has 3 rings (SSSR count). The molecule has 0 spiro atoms. The molecule has 1 aliphatic rings. The molecular formula is C20H20N2O3. The summed E-state index contributed by atoms with van der Waals surface area (Å²) in [5.74, 6) is 0.0358. The molecule has 25 heavy (non-hydrogen) atoms. The van der Waals surface area contributed by atoms with Gasteiger partial charge in [-0.1, -0.05) is 18.2 Å². The van der Waals surface area contributed by atoms with Crippen LogP contribution in [-0.4, -0.2) is 30.9 Å². The number of nitrogens with zero attached hydrogens (tertiary/aromatic N) is 1. The quantitative estimate of drug-likeness (QED) is 0.872. The summed E-state index contributed by atoms with van der Waals surface area (Å²) in [6, 6.07) is 12.9. The fourth-order valence-electron chi connectivity index (χ4n) is 2.75. The second-order valence-corrected chi connectivity index (χ2v) is 6.07. The van der Waals surface area contributed by atoms with E-state index in [0.29, 0.717) is 22.6 Å². The second-order valence-electron chi connectivity index (χ2n) is 6.07. The zero-order chi connectivity index (χ0) is 18.1. The van der Waals surface area contributed by atoms with Gasteiger partial charge < -0.3 is 10.1 Å². The van der Waals surface area contributed by atoms with Crippen LogP contribution in [0.4, 0.5) is 5.69 Å². The van der Waals surface area contributed by atoms with Crippen molar-refractivity contribution in [1.82, 2.24) is 4.90 Å². The lowest BCUT2D eigenvalue weighted by Crippen LogP contribution is -2.27. The molecule has 5 heteroatoms. The van der Waals surface area contributed by atoms with Crippen LogP contribution in [0.5, 0.6) is 5.75 Å². The van der Waals surface area contributed by atoms with Gasteiger partial charge in [-0.05, 0) is 54.8 Å². The first-order chi connectivity index (χ1) is 11.9. The van der Waals surface area contributed by atoms with Crippen molar-refractivity contribution in [3.05, 3.63) is 64.9 Å². The predicted molar refractivity (Wildman–Crippen MR) is 97.2 cm³/mol. The van der Waals surface area contributed by atoms with Crippen LogP contribution in [0.25, 0.3) is 5.57 Å². The van der Waals surface area contributed by atoms with Crippen LogP contribution in [0.15, 0.2) is 48.2 Å². The van der Waals surface area contributed by atoms with Crippen LogP contribution in [0.3, 0.4) is 0 Å². The maximum atomic E-state index is 12.6. The first kappa shape index (κ1) is 16.8. The van der Waals surface area contributed by atoms with Crippen LogP contribution in [-0.2, 0) is 9.59 Å². The maximum Gasteiger partial charge on any atom is 0.277 e. The minimum absolute atomic E-state index is 0.293. The standard InChI is InChI=1S/C20H20N2O3/c1-12-5-8-15(11-13(12)2)21-18-17(19(23)22(3)20(18)24)14-6-9-16(25-4)10-7-14/h5-11,21H,1-4H3. The van der Waals surface area contributed by atoms with Crippen molar-refractivity contribution < 1.29 is 14.3 Å². The molecule has 0 aromatic heterocycles. The second kappa shape index (κ2) is 6.43. The van der Waals surface area contributed by atoms with Gasteiger partial charge in [0, 0.05) is 12.7 Å². The van der Waals surface area contributed by atoms with Crippen LogP contribution < -0.4 is 10.1 Å². The number of rotatable bonds is 4. The Morgan fingerprint density at radius 2 is 1.60 bits per heavy atom. The summed E-state index contributed by atoms with van der Waals surface area (Å²) in [7, 11) is 3.07. The van der Waals surface area contributed by atoms with Crippen molar-refractivity contribution >= 4 is 23.1 Å². The molecular weight excluding hydrogens is 316 g/mol. The van der Waals surface area contributed by atoms with Crippen molar-refractivity contribution in [2.24, 2.45) is 0 Å². The molecule has 128 valence electrons. The zero-order valence-electron chi connectivity index (χ0n) is 14.7. The van der Waals surface area contributed by atoms with E-state index in [1.807, 2.05) is 32.0 Å². The SMILES string of the molecule is COc1ccc(C2=C(Nc3ccc(C)c(C)c3)C(=O)N(C)C2=O)cc1. The van der Waals surface area contributed by atoms with Gasteiger partial charge in [0.25, 0.3) is 11.8 Å². The number of carbonyl (C=O) groups is 2. The summed E-state index contributed by atoms with van der Waals surface area (Å²) in [6.07, 6.45) is 0. The Balaban J connectivity index is 2.05. The topological polar surface area (TPSA) is 58.6 Å². The highest BCUT2D eigenvalue weighted by molar-refractivity contribution is 6.36. The lowest BCUT2D eigenvalue weighted by Gasteiger charge is -2.10. The average molecular weight is 336 g/mol. The normalized spacial score (nSPS) is 14.3. The van der Waals surface area contributed by atoms with Crippen molar-refractivity contribution in [3.8, 4) is 5.75 Å². The van der Waals surface area contributed by atoms with Gasteiger partial charge in [0.15, 0.2) is 0 Å². The molecule has 1 N–H and O–H groups in total. The number of methoxy groups -OCH3 is 1. The van der Waals surface area contributed by atoms with E-state index in [1.54, 1.807) is 31.4 Å². The Hall–Kier alpha value is -3.08. The fourth-order valence-corrected chi connectivity index (χ4v) is 2.75. The van der Waals surface area contributed by atoms with Crippen LogP contribution in [0, 0.1) is 13.8 Å². The van der Waals surface area contributed by atoms with Gasteiger partial charge in [-0.15, -0.1) is 0 Å². The Morgan fingerprint density at radius 1 is 0.920 bits per heavy atom. The van der Waals surface area contributed by atoms with Gasteiger partial charge in [0.05, 0.1) is 12.7 Å². The lowest BCUT2D eigenvalue weighted by molar-refractivity contribution is -0.135. The molecule has 2 aromatic rings. The van der Waals surface area contributed by atoms with Crippen LogP contribution in [0.1, 0.15) is 16.7 Å². The van der Waals surface area contributed by atoms with Crippen LogP contribution in [0.2, 0.25) is 0 Å². The molecule has 0 radical (unpaired) electrons. The first-order valence-corrected chi connectivity index (χ1v) is 7.97. The summed E-state index contributed by atoms with van der Waals surface area (Å²) >= 11 is 0. The molecule has 1 aliphatic heterocycles. The third kappa shape index (κ3) is 3.01. The zero-order valence-corrected chi connectivity index (χ0v) is 14.7. The Bertz CT molecular complexity index is 882. The van der Waals surface area contributed by atoms with Crippen molar-refractivity contribution in [3.63, 3.8) is 0 Å². The molecule has 1 heterocycles. The molecule has 0 unspecified atom stereocenters. The third-order valence-corrected chi connectivity index (χ3v) is 4.44. The van der Waals surface area contributed by atoms with E-state index in [-0.39, 0.29) is 11.8 Å². The number of amides is 2. The number of likely N-dealkylation sites (N-methyl/N-ethyl adjacent to an activating group) is 1. The number of anilines is 1. The Kier molecular flexibility index (Phi) is 4.31. The smallest absolute Gasteiger partial charge is 0.277 e. The fraction of sp³-hybridized carbons (Fsp3) is 0.200. The number of hydrogen-bond acceptors (Lipinski definition) is 4. The molecule has 0 bridgehead atoms. The number of ether oxygens (including phenoxy) is 1. The predicted octanol–water partition coefficient (Wildman–Crippen LogP) is 3.13. The Labute approximate surface area is 146 Å². The minimum Gasteiger partial charge on any atom is -0.497 e. The molecule has 0 fully saturated rings. The van der Waals surface area contributed by atoms with Crippen molar-refractivity contribution in [2.75, 3.05) is 19.5 Å². The van der Waals surface area contributed by atoms with Gasteiger partial charge in [-0.3, -0.25) is 14.5 Å². The van der Waals surface area contributed by atoms with Gasteiger partial charge >= 0.3 is 0 Å². The summed E-state index contributed by atoms with van der Waals surface area (Å²) in [5, 5.41) is 3.13. The summed E-state index contributed by atoms with van der Waals surface area (Å²) < 4.78 is 5.15. The lowest BCUT2D eigenvalue weighted by atomic mass is 10.0. The van der Waals surface area contributed by atoms with E-state index in [4.69, 9.17) is 4.74 Å².